The van der Waals surface area contributed by atoms with E-state index >= 15 is 0 Å². The van der Waals surface area contributed by atoms with Gasteiger partial charge in [0.25, 0.3) is 5.91 Å². The normalized spacial score (nSPS) is 14.1. The summed E-state index contributed by atoms with van der Waals surface area (Å²) in [5, 5.41) is 0. The van der Waals surface area contributed by atoms with E-state index in [4.69, 9.17) is 10.5 Å². The van der Waals surface area contributed by atoms with E-state index in [0.29, 0.717) is 6.42 Å². The summed E-state index contributed by atoms with van der Waals surface area (Å²) in [5.41, 5.74) is 4.26. The number of unbranched alkanes of at least 4 members (excludes halogenated alkanes) is 1. The third kappa shape index (κ3) is 4.14. The van der Waals surface area contributed by atoms with Gasteiger partial charge in [0.2, 0.25) is 0 Å². The molecule has 2 N–H and O–H groups in total. The number of amides is 1. The van der Waals surface area contributed by atoms with Crippen molar-refractivity contribution < 1.29 is 14.3 Å². The molecule has 0 saturated carbocycles. The van der Waals surface area contributed by atoms with E-state index in [9.17, 15) is 9.59 Å². The maximum Gasteiger partial charge on any atom is 0.334 e. The number of hydrogen-bond acceptors (Lipinski definition) is 3. The first-order valence-corrected chi connectivity index (χ1v) is 5.02. The number of carbonyl (C=O) groups excluding carboxylic acids is 2. The molecule has 0 fully saturated rings. The fourth-order valence-electron chi connectivity index (χ4n) is 1.03. The predicted molar refractivity (Wildman–Crippen MR) is 58.0 cm³/mol. The van der Waals surface area contributed by atoms with Crippen LogP contribution in [0.1, 0.15) is 40.0 Å². The summed E-state index contributed by atoms with van der Waals surface area (Å²) in [5.74, 6) is -1.20. The van der Waals surface area contributed by atoms with Crippen LogP contribution in [-0.2, 0) is 14.3 Å². The monoisotopic (exact) mass is 213 g/mol. The number of primary amides is 1. The Morgan fingerprint density at radius 3 is 2.33 bits per heavy atom. The molecule has 0 aliphatic heterocycles. The molecule has 0 saturated heterocycles. The van der Waals surface area contributed by atoms with E-state index in [1.807, 2.05) is 6.92 Å². The topological polar surface area (TPSA) is 69.4 Å². The molecular weight excluding hydrogens is 194 g/mol. The van der Waals surface area contributed by atoms with Crippen LogP contribution in [0, 0.1) is 0 Å². The maximum atomic E-state index is 11.3. The minimum absolute atomic E-state index is 0.263. The van der Waals surface area contributed by atoms with E-state index in [-0.39, 0.29) is 5.57 Å². The molecule has 86 valence electrons. The lowest BCUT2D eigenvalue weighted by molar-refractivity contribution is -0.162. The zero-order valence-corrected chi connectivity index (χ0v) is 9.63. The number of ether oxygens (including phenoxy) is 1. The van der Waals surface area contributed by atoms with Crippen molar-refractivity contribution in [2.24, 2.45) is 5.73 Å². The molecule has 0 spiro atoms. The van der Waals surface area contributed by atoms with Gasteiger partial charge in [-0.15, -0.1) is 0 Å². The summed E-state index contributed by atoms with van der Waals surface area (Å²) < 4.78 is 5.05. The molecule has 1 atom stereocenters. The second-order valence-electron chi connectivity index (χ2n) is 3.87. The van der Waals surface area contributed by atoms with Gasteiger partial charge in [0.15, 0.2) is 5.60 Å². The molecule has 0 aliphatic rings. The molecule has 0 heterocycles. The van der Waals surface area contributed by atoms with Crippen molar-refractivity contribution in [3.8, 4) is 0 Å². The Kier molecular flexibility index (Phi) is 5.05. The molecule has 1 amide bonds. The van der Waals surface area contributed by atoms with Gasteiger partial charge in [-0.2, -0.15) is 0 Å². The zero-order chi connectivity index (χ0) is 12.1. The fraction of sp³-hybridized carbons (Fsp3) is 0.636. The van der Waals surface area contributed by atoms with Gasteiger partial charge >= 0.3 is 5.97 Å². The summed E-state index contributed by atoms with van der Waals surface area (Å²) >= 11 is 0. The van der Waals surface area contributed by atoms with Gasteiger partial charge in [-0.05, 0) is 26.7 Å². The van der Waals surface area contributed by atoms with Gasteiger partial charge in [0, 0.05) is 5.57 Å². The van der Waals surface area contributed by atoms with Gasteiger partial charge < -0.3 is 10.5 Å². The van der Waals surface area contributed by atoms with Crippen LogP contribution in [0.3, 0.4) is 0 Å². The first kappa shape index (κ1) is 13.7. The van der Waals surface area contributed by atoms with Gasteiger partial charge in [-0.3, -0.25) is 4.79 Å². The molecule has 15 heavy (non-hydrogen) atoms. The molecule has 4 heteroatoms. The lowest BCUT2D eigenvalue weighted by Crippen LogP contribution is -2.45. The summed E-state index contributed by atoms with van der Waals surface area (Å²) in [4.78, 5) is 22.5. The lowest BCUT2D eigenvalue weighted by atomic mass is 9.98. The lowest BCUT2D eigenvalue weighted by Gasteiger charge is -2.26. The number of rotatable bonds is 6. The zero-order valence-electron chi connectivity index (χ0n) is 9.63. The van der Waals surface area contributed by atoms with Gasteiger partial charge in [-0.1, -0.05) is 19.9 Å². The van der Waals surface area contributed by atoms with E-state index in [1.54, 1.807) is 0 Å². The summed E-state index contributed by atoms with van der Waals surface area (Å²) in [7, 11) is 0. The van der Waals surface area contributed by atoms with Gasteiger partial charge in [0.05, 0.1) is 0 Å². The third-order valence-electron chi connectivity index (χ3n) is 2.20. The second kappa shape index (κ2) is 5.53. The van der Waals surface area contributed by atoms with E-state index < -0.39 is 17.5 Å². The third-order valence-corrected chi connectivity index (χ3v) is 2.20. The first-order chi connectivity index (χ1) is 6.83. The smallest absolute Gasteiger partial charge is 0.334 e. The van der Waals surface area contributed by atoms with Gasteiger partial charge in [0.1, 0.15) is 0 Å². The Labute approximate surface area is 90.5 Å². The van der Waals surface area contributed by atoms with Crippen LogP contribution in [0.5, 0.6) is 0 Å². The predicted octanol–water partition coefficient (Wildman–Crippen LogP) is 1.54. The van der Waals surface area contributed by atoms with Crippen molar-refractivity contribution in [1.82, 2.24) is 0 Å². The summed E-state index contributed by atoms with van der Waals surface area (Å²) in [6.07, 6.45) is 2.13. The molecule has 0 bridgehead atoms. The largest absolute Gasteiger partial charge is 0.446 e. The average molecular weight is 213 g/mol. The first-order valence-electron chi connectivity index (χ1n) is 5.02. The van der Waals surface area contributed by atoms with Crippen LogP contribution >= 0.6 is 0 Å². The van der Waals surface area contributed by atoms with Crippen LogP contribution < -0.4 is 5.73 Å². The van der Waals surface area contributed by atoms with Crippen molar-refractivity contribution in [3.05, 3.63) is 12.2 Å². The Bertz CT molecular complexity index is 273. The molecule has 0 radical (unpaired) electrons. The Hall–Kier alpha value is -1.32. The highest BCUT2D eigenvalue weighted by atomic mass is 16.6. The minimum Gasteiger partial charge on any atom is -0.446 e. The fourth-order valence-corrected chi connectivity index (χ4v) is 1.03. The Morgan fingerprint density at radius 1 is 1.47 bits per heavy atom. The molecule has 0 rings (SSSR count). The minimum atomic E-state index is -1.22. The molecule has 1 unspecified atom stereocenters. The van der Waals surface area contributed by atoms with Crippen molar-refractivity contribution in [2.45, 2.75) is 45.6 Å². The average Bonchev–Trinajstić information content (AvgIpc) is 2.14. The molecular formula is C11H19NO3. The molecule has 0 aliphatic carbocycles. The quantitative estimate of drug-likeness (QED) is 0.537. The molecule has 0 aromatic rings. The van der Waals surface area contributed by atoms with Crippen molar-refractivity contribution in [2.75, 3.05) is 0 Å². The van der Waals surface area contributed by atoms with Crippen LogP contribution in [-0.4, -0.2) is 17.5 Å². The van der Waals surface area contributed by atoms with E-state index in [2.05, 4.69) is 6.58 Å². The summed E-state index contributed by atoms with van der Waals surface area (Å²) in [6.45, 7) is 8.51. The van der Waals surface area contributed by atoms with Crippen LogP contribution in [0.2, 0.25) is 0 Å². The number of hydrogen-bond donors (Lipinski definition) is 1. The molecule has 4 nitrogen and oxygen atoms in total. The van der Waals surface area contributed by atoms with E-state index in [0.717, 1.165) is 12.8 Å². The second-order valence-corrected chi connectivity index (χ2v) is 3.87. The van der Waals surface area contributed by atoms with Crippen molar-refractivity contribution in [1.29, 1.82) is 0 Å². The SMILES string of the molecule is C=C(C)C(=O)OC(C)(CCCC)C(N)=O. The van der Waals surface area contributed by atoms with Crippen molar-refractivity contribution in [3.63, 3.8) is 0 Å². The van der Waals surface area contributed by atoms with Crippen LogP contribution in [0.4, 0.5) is 0 Å². The summed E-state index contributed by atoms with van der Waals surface area (Å²) in [6, 6.07) is 0. The highest BCUT2D eigenvalue weighted by Crippen LogP contribution is 2.19. The Balaban J connectivity index is 4.58. The number of esters is 1. The van der Waals surface area contributed by atoms with Crippen LogP contribution in [0.15, 0.2) is 12.2 Å². The van der Waals surface area contributed by atoms with Gasteiger partial charge in [-0.25, -0.2) is 4.79 Å². The maximum absolute atomic E-state index is 11.3. The Morgan fingerprint density at radius 2 is 2.00 bits per heavy atom. The van der Waals surface area contributed by atoms with Crippen LogP contribution in [0.25, 0.3) is 0 Å². The highest BCUT2D eigenvalue weighted by molar-refractivity contribution is 5.91. The van der Waals surface area contributed by atoms with Crippen molar-refractivity contribution >= 4 is 11.9 Å². The number of nitrogens with two attached hydrogens (primary N) is 1. The highest BCUT2D eigenvalue weighted by Gasteiger charge is 2.34. The molecule has 0 aromatic heterocycles. The standard InChI is InChI=1S/C11H19NO3/c1-5-6-7-11(4,10(12)14)15-9(13)8(2)3/h2,5-7H2,1,3-4H3,(H2,12,14). The molecule has 0 aromatic carbocycles. The number of carbonyl (C=O) groups is 2. The van der Waals surface area contributed by atoms with E-state index in [1.165, 1.54) is 13.8 Å².